The largest absolute Gasteiger partial charge is 0.392 e. The predicted octanol–water partition coefficient (Wildman–Crippen LogP) is 4.19. The summed E-state index contributed by atoms with van der Waals surface area (Å²) in [5.74, 6) is -0.362. The molecule has 3 heteroatoms. The fourth-order valence-corrected chi connectivity index (χ4v) is 2.28. The monoisotopic (exact) mass is 278 g/mol. The summed E-state index contributed by atoms with van der Waals surface area (Å²) in [7, 11) is 0. The van der Waals surface area contributed by atoms with Gasteiger partial charge in [-0.2, -0.15) is 0 Å². The molecule has 100 valence electrons. The Morgan fingerprint density at radius 3 is 2.53 bits per heavy atom. The van der Waals surface area contributed by atoms with Crippen LogP contribution in [0.2, 0.25) is 5.02 Å². The minimum absolute atomic E-state index is 0.0273. The third-order valence-corrected chi connectivity index (χ3v) is 3.71. The van der Waals surface area contributed by atoms with Gasteiger partial charge in [-0.15, -0.1) is 0 Å². The van der Waals surface area contributed by atoms with Crippen molar-refractivity contribution in [3.05, 3.63) is 70.5 Å². The third kappa shape index (κ3) is 3.55. The molecule has 0 saturated heterocycles. The van der Waals surface area contributed by atoms with E-state index in [0.717, 1.165) is 5.56 Å². The first-order valence-electron chi connectivity index (χ1n) is 6.25. The van der Waals surface area contributed by atoms with Gasteiger partial charge >= 0.3 is 0 Å². The van der Waals surface area contributed by atoms with Crippen LogP contribution in [0.25, 0.3) is 0 Å². The van der Waals surface area contributed by atoms with Gasteiger partial charge in [0.1, 0.15) is 5.82 Å². The van der Waals surface area contributed by atoms with E-state index in [1.165, 1.54) is 18.2 Å². The topological polar surface area (TPSA) is 20.2 Å². The van der Waals surface area contributed by atoms with Crippen molar-refractivity contribution in [3.8, 4) is 0 Å². The van der Waals surface area contributed by atoms with Crippen LogP contribution < -0.4 is 0 Å². The summed E-state index contributed by atoms with van der Waals surface area (Å²) in [6, 6.07) is 14.0. The van der Waals surface area contributed by atoms with E-state index >= 15 is 0 Å². The zero-order chi connectivity index (χ0) is 13.8. The molecule has 0 aliphatic heterocycles. The zero-order valence-electron chi connectivity index (χ0n) is 10.7. The number of hydrogen-bond donors (Lipinski definition) is 1. The first-order valence-corrected chi connectivity index (χ1v) is 6.62. The van der Waals surface area contributed by atoms with Crippen molar-refractivity contribution in [1.29, 1.82) is 0 Å². The van der Waals surface area contributed by atoms with Crippen molar-refractivity contribution >= 4 is 11.6 Å². The van der Waals surface area contributed by atoms with Crippen LogP contribution in [0.3, 0.4) is 0 Å². The molecule has 2 aromatic carbocycles. The molecule has 1 N–H and O–H groups in total. The minimum Gasteiger partial charge on any atom is -0.392 e. The highest BCUT2D eigenvalue weighted by Gasteiger charge is 2.18. The van der Waals surface area contributed by atoms with Gasteiger partial charge in [-0.3, -0.25) is 0 Å². The highest BCUT2D eigenvalue weighted by atomic mass is 35.5. The summed E-state index contributed by atoms with van der Waals surface area (Å²) in [4.78, 5) is 0. The fourth-order valence-electron chi connectivity index (χ4n) is 2.08. The Morgan fingerprint density at radius 1 is 1.16 bits per heavy atom. The molecule has 0 bridgehead atoms. The van der Waals surface area contributed by atoms with Gasteiger partial charge in [0.2, 0.25) is 0 Å². The van der Waals surface area contributed by atoms with E-state index in [0.29, 0.717) is 17.0 Å². The SMILES string of the molecule is CC(c1ccccc1)C(O)Cc1cc(F)ccc1Cl. The molecule has 0 fully saturated rings. The lowest BCUT2D eigenvalue weighted by atomic mass is 9.91. The summed E-state index contributed by atoms with van der Waals surface area (Å²) in [6.07, 6.45) is -0.256. The van der Waals surface area contributed by atoms with E-state index in [-0.39, 0.29) is 11.7 Å². The predicted molar refractivity (Wildman–Crippen MR) is 76.0 cm³/mol. The average molecular weight is 279 g/mol. The summed E-state index contributed by atoms with van der Waals surface area (Å²) in [5, 5.41) is 10.7. The Kier molecular flexibility index (Phi) is 4.56. The van der Waals surface area contributed by atoms with Crippen LogP contribution >= 0.6 is 11.6 Å². The quantitative estimate of drug-likeness (QED) is 0.889. The molecule has 0 aromatic heterocycles. The summed E-state index contributed by atoms with van der Waals surface area (Å²) in [6.45, 7) is 1.95. The van der Waals surface area contributed by atoms with E-state index in [4.69, 9.17) is 11.6 Å². The molecule has 0 heterocycles. The van der Waals surface area contributed by atoms with Crippen LogP contribution in [0, 0.1) is 5.82 Å². The standard InChI is InChI=1S/C16H16ClFO/c1-11(12-5-3-2-4-6-12)16(19)10-13-9-14(18)7-8-15(13)17/h2-9,11,16,19H,10H2,1H3. The van der Waals surface area contributed by atoms with Crippen molar-refractivity contribution in [2.75, 3.05) is 0 Å². The highest BCUT2D eigenvalue weighted by molar-refractivity contribution is 6.31. The lowest BCUT2D eigenvalue weighted by Crippen LogP contribution is -2.19. The Morgan fingerprint density at radius 2 is 1.84 bits per heavy atom. The molecule has 2 unspecified atom stereocenters. The molecule has 2 rings (SSSR count). The second kappa shape index (κ2) is 6.18. The van der Waals surface area contributed by atoms with Gasteiger partial charge in [0.25, 0.3) is 0 Å². The van der Waals surface area contributed by atoms with Gasteiger partial charge in [-0.05, 0) is 29.3 Å². The third-order valence-electron chi connectivity index (χ3n) is 3.34. The molecular formula is C16H16ClFO. The fraction of sp³-hybridized carbons (Fsp3) is 0.250. The van der Waals surface area contributed by atoms with Crippen LogP contribution in [0.1, 0.15) is 24.0 Å². The van der Waals surface area contributed by atoms with E-state index in [2.05, 4.69) is 0 Å². The van der Waals surface area contributed by atoms with Gasteiger partial charge < -0.3 is 5.11 Å². The summed E-state index contributed by atoms with van der Waals surface area (Å²) >= 11 is 6.01. The maximum Gasteiger partial charge on any atom is 0.123 e. The highest BCUT2D eigenvalue weighted by Crippen LogP contribution is 2.25. The van der Waals surface area contributed by atoms with Gasteiger partial charge in [-0.1, -0.05) is 48.9 Å². The molecule has 2 aromatic rings. The number of hydrogen-bond acceptors (Lipinski definition) is 1. The lowest BCUT2D eigenvalue weighted by Gasteiger charge is -2.20. The maximum atomic E-state index is 13.2. The molecule has 1 nitrogen and oxygen atoms in total. The number of rotatable bonds is 4. The molecular weight excluding hydrogens is 263 g/mol. The van der Waals surface area contributed by atoms with Gasteiger partial charge in [0, 0.05) is 17.4 Å². The molecule has 19 heavy (non-hydrogen) atoms. The number of benzene rings is 2. The Labute approximate surface area is 117 Å². The van der Waals surface area contributed by atoms with Crippen LogP contribution in [0.15, 0.2) is 48.5 Å². The molecule has 0 amide bonds. The van der Waals surface area contributed by atoms with Gasteiger partial charge in [0.05, 0.1) is 6.10 Å². The maximum absolute atomic E-state index is 13.2. The Bertz CT molecular complexity index is 542. The van der Waals surface area contributed by atoms with E-state index in [9.17, 15) is 9.50 Å². The molecule has 0 spiro atoms. The van der Waals surface area contributed by atoms with Crippen molar-refractivity contribution in [3.63, 3.8) is 0 Å². The lowest BCUT2D eigenvalue weighted by molar-refractivity contribution is 0.149. The zero-order valence-corrected chi connectivity index (χ0v) is 11.4. The molecule has 0 aliphatic rings. The average Bonchev–Trinajstić information content (AvgIpc) is 2.43. The Hall–Kier alpha value is -1.38. The van der Waals surface area contributed by atoms with E-state index in [1.807, 2.05) is 37.3 Å². The van der Waals surface area contributed by atoms with Crippen LogP contribution in [-0.4, -0.2) is 11.2 Å². The second-order valence-electron chi connectivity index (χ2n) is 4.71. The van der Waals surface area contributed by atoms with Crippen LogP contribution in [-0.2, 0) is 6.42 Å². The van der Waals surface area contributed by atoms with Crippen molar-refractivity contribution in [1.82, 2.24) is 0 Å². The summed E-state index contributed by atoms with van der Waals surface area (Å²) < 4.78 is 13.2. The second-order valence-corrected chi connectivity index (χ2v) is 5.11. The number of aliphatic hydroxyl groups is 1. The van der Waals surface area contributed by atoms with E-state index < -0.39 is 6.10 Å². The van der Waals surface area contributed by atoms with Crippen molar-refractivity contribution in [2.45, 2.75) is 25.4 Å². The first kappa shape index (κ1) is 14.0. The van der Waals surface area contributed by atoms with E-state index in [1.54, 1.807) is 0 Å². The Balaban J connectivity index is 2.12. The molecule has 0 aliphatic carbocycles. The molecule has 0 saturated carbocycles. The molecule has 2 atom stereocenters. The van der Waals surface area contributed by atoms with Gasteiger partial charge in [-0.25, -0.2) is 4.39 Å². The summed E-state index contributed by atoms with van der Waals surface area (Å²) in [5.41, 5.74) is 1.69. The van der Waals surface area contributed by atoms with Crippen molar-refractivity contribution in [2.24, 2.45) is 0 Å². The first-order chi connectivity index (χ1) is 9.08. The molecule has 0 radical (unpaired) electrons. The minimum atomic E-state index is -0.596. The smallest absolute Gasteiger partial charge is 0.123 e. The number of aliphatic hydroxyl groups excluding tert-OH is 1. The van der Waals surface area contributed by atoms with Crippen LogP contribution in [0.4, 0.5) is 4.39 Å². The number of halogens is 2. The van der Waals surface area contributed by atoms with Gasteiger partial charge in [0.15, 0.2) is 0 Å². The normalized spacial score (nSPS) is 14.1. The van der Waals surface area contributed by atoms with Crippen molar-refractivity contribution < 1.29 is 9.50 Å². The van der Waals surface area contributed by atoms with Crippen LogP contribution in [0.5, 0.6) is 0 Å².